The summed E-state index contributed by atoms with van der Waals surface area (Å²) in [4.78, 5) is 30.0. The number of nitrogens with zero attached hydrogens (tertiary/aromatic N) is 3. The van der Waals surface area contributed by atoms with Gasteiger partial charge in [0.05, 0.1) is 31.0 Å². The van der Waals surface area contributed by atoms with E-state index in [1.54, 1.807) is 18.0 Å². The molecule has 5 rings (SSSR count). The molecule has 7 heteroatoms. The third kappa shape index (κ3) is 2.88. The summed E-state index contributed by atoms with van der Waals surface area (Å²) in [6.07, 6.45) is 5.05. The van der Waals surface area contributed by atoms with Crippen LogP contribution in [0.3, 0.4) is 0 Å². The van der Waals surface area contributed by atoms with Crippen molar-refractivity contribution >= 4 is 11.8 Å². The quantitative estimate of drug-likeness (QED) is 0.726. The van der Waals surface area contributed by atoms with E-state index in [9.17, 15) is 9.59 Å². The Hall–Kier alpha value is -2.93. The monoisotopic (exact) mass is 393 g/mol. The first-order valence-electron chi connectivity index (χ1n) is 9.83. The second kappa shape index (κ2) is 6.56. The number of hydrogen-bond acceptors (Lipinski definition) is 5. The molecule has 2 fully saturated rings. The smallest absolute Gasteiger partial charge is 0.230 e. The highest BCUT2D eigenvalue weighted by Crippen LogP contribution is 2.52. The summed E-state index contributed by atoms with van der Waals surface area (Å²) in [6.45, 7) is 3.38. The molecule has 3 aliphatic rings. The molecule has 1 spiro atoms. The van der Waals surface area contributed by atoms with Crippen molar-refractivity contribution in [2.24, 2.45) is 11.8 Å². The fourth-order valence-corrected chi connectivity index (χ4v) is 4.92. The first-order valence-corrected chi connectivity index (χ1v) is 9.83. The van der Waals surface area contributed by atoms with Crippen molar-refractivity contribution in [3.8, 4) is 0 Å². The lowest BCUT2D eigenvalue weighted by Gasteiger charge is -2.27. The van der Waals surface area contributed by atoms with Crippen molar-refractivity contribution in [3.05, 3.63) is 65.6 Å². The van der Waals surface area contributed by atoms with Gasteiger partial charge in [0, 0.05) is 19.7 Å². The van der Waals surface area contributed by atoms with Gasteiger partial charge >= 0.3 is 0 Å². The first kappa shape index (κ1) is 18.1. The number of carbonyl (C=O) groups excluding carboxylic acids is 2. The molecule has 0 unspecified atom stereocenters. The van der Waals surface area contributed by atoms with E-state index in [2.05, 4.69) is 11.2 Å². The third-order valence-corrected chi connectivity index (χ3v) is 6.19. The number of fused-ring (bicyclic) bond motifs is 1. The van der Waals surface area contributed by atoms with Crippen LogP contribution in [-0.2, 0) is 27.4 Å². The number of carbonyl (C=O) groups is 2. The van der Waals surface area contributed by atoms with Crippen molar-refractivity contribution in [1.29, 1.82) is 0 Å². The Kier molecular flexibility index (Phi) is 4.10. The van der Waals surface area contributed by atoms with E-state index in [1.807, 2.05) is 42.2 Å². The van der Waals surface area contributed by atoms with Crippen LogP contribution in [-0.4, -0.2) is 52.1 Å². The summed E-state index contributed by atoms with van der Waals surface area (Å²) in [5.41, 5.74) is 2.22. The highest BCUT2D eigenvalue weighted by Gasteiger charge is 2.67. The zero-order valence-electron chi connectivity index (χ0n) is 16.4. The van der Waals surface area contributed by atoms with Gasteiger partial charge in [0.2, 0.25) is 11.8 Å². The summed E-state index contributed by atoms with van der Waals surface area (Å²) in [7, 11) is 1.73. The van der Waals surface area contributed by atoms with Crippen LogP contribution in [0.4, 0.5) is 0 Å². The molecule has 150 valence electrons. The van der Waals surface area contributed by atoms with Gasteiger partial charge in [-0.1, -0.05) is 47.1 Å². The second-order valence-corrected chi connectivity index (χ2v) is 8.27. The number of amides is 2. The molecule has 1 aromatic carbocycles. The molecule has 0 N–H and O–H groups in total. The predicted octanol–water partition coefficient (Wildman–Crippen LogP) is 1.92. The largest absolute Gasteiger partial charge is 0.364 e. The normalized spacial score (nSPS) is 29.5. The minimum absolute atomic E-state index is 0.00783. The summed E-state index contributed by atoms with van der Waals surface area (Å²) in [5.74, 6) is -1.09. The van der Waals surface area contributed by atoms with Crippen LogP contribution in [0.2, 0.25) is 0 Å². The average molecular weight is 393 g/mol. The van der Waals surface area contributed by atoms with Crippen LogP contribution in [0, 0.1) is 18.8 Å². The molecule has 3 aliphatic heterocycles. The number of aromatic nitrogens is 1. The standard InChI is InChI=1S/C22H23N3O4/c1-14-4-3-5-15(10-14)11-25-13-22-8-6-17(29-22)18(19(22)21(25)27)20(26)24(2)12-16-7-9-28-23-16/h3-10,17-19H,11-13H2,1-2H3/t17-,18-,19-,22-/m0/s1. The van der Waals surface area contributed by atoms with Crippen molar-refractivity contribution < 1.29 is 18.8 Å². The molecule has 2 bridgehead atoms. The number of likely N-dealkylation sites (tertiary alicyclic amines) is 1. The molecule has 4 heterocycles. The highest BCUT2D eigenvalue weighted by atomic mass is 16.5. The van der Waals surface area contributed by atoms with Crippen molar-refractivity contribution in [2.45, 2.75) is 31.7 Å². The lowest BCUT2D eigenvalue weighted by Crippen LogP contribution is -2.44. The van der Waals surface area contributed by atoms with Crippen LogP contribution in [0.25, 0.3) is 0 Å². The number of ether oxygens (including phenoxy) is 1. The predicted molar refractivity (Wildman–Crippen MR) is 103 cm³/mol. The second-order valence-electron chi connectivity index (χ2n) is 8.27. The number of rotatable bonds is 5. The van der Waals surface area contributed by atoms with E-state index in [0.717, 1.165) is 11.1 Å². The topological polar surface area (TPSA) is 75.9 Å². The van der Waals surface area contributed by atoms with Gasteiger partial charge in [-0.3, -0.25) is 9.59 Å². The van der Waals surface area contributed by atoms with Crippen molar-refractivity contribution in [1.82, 2.24) is 15.0 Å². The Morgan fingerprint density at radius 3 is 3.00 bits per heavy atom. The zero-order valence-corrected chi connectivity index (χ0v) is 16.4. The van der Waals surface area contributed by atoms with Gasteiger partial charge in [0.15, 0.2) is 0 Å². The number of aryl methyl sites for hydroxylation is 1. The van der Waals surface area contributed by atoms with Gasteiger partial charge < -0.3 is 19.1 Å². The maximum Gasteiger partial charge on any atom is 0.230 e. The molecule has 2 amide bonds. The van der Waals surface area contributed by atoms with Crippen molar-refractivity contribution in [3.63, 3.8) is 0 Å². The van der Waals surface area contributed by atoms with E-state index in [-0.39, 0.29) is 17.9 Å². The molecule has 2 saturated heterocycles. The summed E-state index contributed by atoms with van der Waals surface area (Å²) in [5, 5.41) is 3.87. The molecule has 0 aliphatic carbocycles. The number of hydrogen-bond donors (Lipinski definition) is 0. The maximum atomic E-state index is 13.3. The zero-order chi connectivity index (χ0) is 20.2. The van der Waals surface area contributed by atoms with Crippen molar-refractivity contribution in [2.75, 3.05) is 13.6 Å². The van der Waals surface area contributed by atoms with Gasteiger partial charge in [0.25, 0.3) is 0 Å². The molecule has 0 saturated carbocycles. The SMILES string of the molecule is Cc1cccc(CN2C[C@]34C=C[C@H](O3)[C@H](C(=O)N(C)Cc3ccon3)[C@H]4C2=O)c1. The lowest BCUT2D eigenvalue weighted by molar-refractivity contribution is -0.143. The Bertz CT molecular complexity index is 986. The molecular formula is C22H23N3O4. The van der Waals surface area contributed by atoms with Gasteiger partial charge in [0.1, 0.15) is 17.6 Å². The van der Waals surface area contributed by atoms with Gasteiger partial charge in [-0.15, -0.1) is 0 Å². The Labute approximate surface area is 168 Å². The van der Waals surface area contributed by atoms with E-state index in [1.165, 1.54) is 6.26 Å². The maximum absolute atomic E-state index is 13.3. The molecular weight excluding hydrogens is 370 g/mol. The Morgan fingerprint density at radius 1 is 1.38 bits per heavy atom. The average Bonchev–Trinajstić information content (AvgIpc) is 3.45. The highest BCUT2D eigenvalue weighted by molar-refractivity contribution is 5.93. The van der Waals surface area contributed by atoms with E-state index in [0.29, 0.717) is 25.3 Å². The summed E-state index contributed by atoms with van der Waals surface area (Å²) >= 11 is 0. The van der Waals surface area contributed by atoms with Crippen LogP contribution in [0.15, 0.2) is 53.3 Å². The molecule has 2 aromatic rings. The number of benzene rings is 1. The Morgan fingerprint density at radius 2 is 2.24 bits per heavy atom. The molecule has 1 aromatic heterocycles. The van der Waals surface area contributed by atoms with Gasteiger partial charge in [-0.05, 0) is 12.5 Å². The van der Waals surface area contributed by atoms with Crippen LogP contribution in [0.1, 0.15) is 16.8 Å². The van der Waals surface area contributed by atoms with Gasteiger partial charge in [-0.25, -0.2) is 0 Å². The lowest BCUT2D eigenvalue weighted by atomic mass is 9.76. The summed E-state index contributed by atoms with van der Waals surface area (Å²) in [6, 6.07) is 9.87. The fourth-order valence-electron chi connectivity index (χ4n) is 4.92. The molecule has 4 atom stereocenters. The third-order valence-electron chi connectivity index (χ3n) is 6.19. The van der Waals surface area contributed by atoms with E-state index in [4.69, 9.17) is 9.26 Å². The molecule has 7 nitrogen and oxygen atoms in total. The minimum atomic E-state index is -0.694. The van der Waals surface area contributed by atoms with E-state index >= 15 is 0 Å². The Balaban J connectivity index is 1.37. The first-order chi connectivity index (χ1) is 14.0. The molecule has 0 radical (unpaired) electrons. The minimum Gasteiger partial charge on any atom is -0.364 e. The van der Waals surface area contributed by atoms with Crippen LogP contribution < -0.4 is 0 Å². The van der Waals surface area contributed by atoms with Gasteiger partial charge in [-0.2, -0.15) is 0 Å². The molecule has 29 heavy (non-hydrogen) atoms. The van der Waals surface area contributed by atoms with Crippen LogP contribution >= 0.6 is 0 Å². The van der Waals surface area contributed by atoms with E-state index < -0.39 is 17.4 Å². The van der Waals surface area contributed by atoms with Crippen LogP contribution in [0.5, 0.6) is 0 Å². The fraction of sp³-hybridized carbons (Fsp3) is 0.409. The summed E-state index contributed by atoms with van der Waals surface area (Å²) < 4.78 is 11.1.